The summed E-state index contributed by atoms with van der Waals surface area (Å²) < 4.78 is 16.3. The first-order chi connectivity index (χ1) is 8.29. The highest BCUT2D eigenvalue weighted by Gasteiger charge is 2.16. The van der Waals surface area contributed by atoms with Gasteiger partial charge in [0.05, 0.1) is 19.8 Å². The minimum absolute atomic E-state index is 0.788. The van der Waals surface area contributed by atoms with Gasteiger partial charge in [-0.05, 0) is 18.8 Å². The van der Waals surface area contributed by atoms with Crippen molar-refractivity contribution in [3.63, 3.8) is 0 Å². The summed E-state index contributed by atoms with van der Waals surface area (Å²) in [6.45, 7) is 6.96. The van der Waals surface area contributed by atoms with Crippen molar-refractivity contribution in [2.24, 2.45) is 5.92 Å². The molecule has 4 heteroatoms. The van der Waals surface area contributed by atoms with Gasteiger partial charge < -0.3 is 13.6 Å². The van der Waals surface area contributed by atoms with Gasteiger partial charge in [-0.1, -0.05) is 46.0 Å². The van der Waals surface area contributed by atoms with E-state index in [1.165, 1.54) is 32.1 Å². The minimum atomic E-state index is -1.01. The van der Waals surface area contributed by atoms with Crippen molar-refractivity contribution in [2.45, 2.75) is 58.8 Å². The summed E-state index contributed by atoms with van der Waals surface area (Å²) in [5.41, 5.74) is 0. The lowest BCUT2D eigenvalue weighted by atomic mass is 10.0. The van der Waals surface area contributed by atoms with Crippen molar-refractivity contribution in [1.29, 1.82) is 0 Å². The van der Waals surface area contributed by atoms with E-state index >= 15 is 0 Å². The third-order valence-corrected chi connectivity index (χ3v) is 3.98. The Balaban J connectivity index is 1.78. The zero-order valence-corrected chi connectivity index (χ0v) is 12.2. The van der Waals surface area contributed by atoms with E-state index in [9.17, 15) is 0 Å². The molecule has 0 aromatic rings. The van der Waals surface area contributed by atoms with Crippen LogP contribution in [0.2, 0.25) is 0 Å². The molecule has 0 bridgehead atoms. The molecule has 0 aliphatic carbocycles. The van der Waals surface area contributed by atoms with Crippen LogP contribution in [0.4, 0.5) is 0 Å². The van der Waals surface area contributed by atoms with Crippen LogP contribution < -0.4 is 0 Å². The van der Waals surface area contributed by atoms with Crippen molar-refractivity contribution in [2.75, 3.05) is 19.8 Å². The molecule has 102 valence electrons. The fraction of sp³-hybridized carbons (Fsp3) is 1.00. The largest absolute Gasteiger partial charge is 0.332 e. The highest BCUT2D eigenvalue weighted by Crippen LogP contribution is 2.42. The molecule has 1 saturated heterocycles. The summed E-state index contributed by atoms with van der Waals surface area (Å²) >= 11 is 0. The third-order valence-electron chi connectivity index (χ3n) is 2.80. The van der Waals surface area contributed by atoms with Gasteiger partial charge in [0, 0.05) is 0 Å². The maximum absolute atomic E-state index is 5.55. The van der Waals surface area contributed by atoms with Crippen molar-refractivity contribution in [3.8, 4) is 0 Å². The van der Waals surface area contributed by atoms with Crippen LogP contribution in [0.5, 0.6) is 0 Å². The van der Waals surface area contributed by atoms with Gasteiger partial charge in [-0.25, -0.2) is 0 Å². The molecule has 0 aromatic heterocycles. The third kappa shape index (κ3) is 8.96. The van der Waals surface area contributed by atoms with Crippen LogP contribution in [-0.4, -0.2) is 19.8 Å². The molecule has 0 unspecified atom stereocenters. The molecule has 0 radical (unpaired) electrons. The van der Waals surface area contributed by atoms with Crippen molar-refractivity contribution >= 4 is 8.60 Å². The van der Waals surface area contributed by atoms with Crippen molar-refractivity contribution < 1.29 is 13.6 Å². The van der Waals surface area contributed by atoms with Crippen LogP contribution in [0.1, 0.15) is 58.8 Å². The lowest BCUT2D eigenvalue weighted by molar-refractivity contribution is 0.114. The van der Waals surface area contributed by atoms with Gasteiger partial charge in [0.15, 0.2) is 0 Å². The van der Waals surface area contributed by atoms with E-state index in [1.54, 1.807) is 0 Å². The molecule has 17 heavy (non-hydrogen) atoms. The summed E-state index contributed by atoms with van der Waals surface area (Å²) in [6.07, 6.45) is 8.82. The van der Waals surface area contributed by atoms with Crippen molar-refractivity contribution in [3.05, 3.63) is 0 Å². The average molecular weight is 262 g/mol. The smallest absolute Gasteiger partial charge is 0.312 e. The summed E-state index contributed by atoms with van der Waals surface area (Å²) in [6, 6.07) is 0. The van der Waals surface area contributed by atoms with E-state index in [-0.39, 0.29) is 0 Å². The fourth-order valence-electron chi connectivity index (χ4n) is 1.77. The standard InChI is InChI=1S/C13H27O3P/c1-13(2)9-6-4-3-5-7-10-14-17-15-11-8-12-16-17/h13H,3-12H2,1-2H3. The normalized spacial score (nSPS) is 17.8. The van der Waals surface area contributed by atoms with Crippen LogP contribution in [-0.2, 0) is 13.6 Å². The van der Waals surface area contributed by atoms with Gasteiger partial charge in [0.25, 0.3) is 0 Å². The molecule has 1 heterocycles. The molecular weight excluding hydrogens is 235 g/mol. The van der Waals surface area contributed by atoms with Crippen LogP contribution >= 0.6 is 8.60 Å². The lowest BCUT2D eigenvalue weighted by Gasteiger charge is -2.20. The maximum Gasteiger partial charge on any atom is 0.332 e. The highest BCUT2D eigenvalue weighted by atomic mass is 31.2. The SMILES string of the molecule is CC(C)CCCCCCCOP1OCCCO1. The summed E-state index contributed by atoms with van der Waals surface area (Å²) in [4.78, 5) is 0. The van der Waals surface area contributed by atoms with Gasteiger partial charge in [-0.3, -0.25) is 0 Å². The Kier molecular flexibility index (Phi) is 9.27. The molecule has 1 rings (SSSR count). The molecule has 0 aromatic carbocycles. The number of unbranched alkanes of at least 4 members (excludes halogenated alkanes) is 4. The van der Waals surface area contributed by atoms with Gasteiger partial charge >= 0.3 is 8.60 Å². The van der Waals surface area contributed by atoms with Crippen LogP contribution in [0.25, 0.3) is 0 Å². The van der Waals surface area contributed by atoms with E-state index in [1.807, 2.05) is 0 Å². The Labute approximate surface area is 107 Å². The van der Waals surface area contributed by atoms with E-state index in [0.29, 0.717) is 0 Å². The second-order valence-corrected chi connectivity index (χ2v) is 6.25. The predicted molar refractivity (Wildman–Crippen MR) is 71.9 cm³/mol. The van der Waals surface area contributed by atoms with E-state index in [4.69, 9.17) is 13.6 Å². The first-order valence-electron chi connectivity index (χ1n) is 6.98. The first kappa shape index (κ1) is 15.4. The molecule has 1 aliphatic heterocycles. The molecule has 1 aliphatic rings. The van der Waals surface area contributed by atoms with E-state index in [2.05, 4.69) is 13.8 Å². The topological polar surface area (TPSA) is 27.7 Å². The molecule has 1 fully saturated rings. The second-order valence-electron chi connectivity index (χ2n) is 5.03. The van der Waals surface area contributed by atoms with Crippen molar-refractivity contribution in [1.82, 2.24) is 0 Å². The van der Waals surface area contributed by atoms with E-state index in [0.717, 1.165) is 38.6 Å². The molecule has 0 spiro atoms. The van der Waals surface area contributed by atoms with Gasteiger partial charge in [-0.2, -0.15) is 0 Å². The molecular formula is C13H27O3P. The monoisotopic (exact) mass is 262 g/mol. The zero-order chi connectivity index (χ0) is 12.3. The van der Waals surface area contributed by atoms with E-state index < -0.39 is 8.60 Å². The highest BCUT2D eigenvalue weighted by molar-refractivity contribution is 7.41. The average Bonchev–Trinajstić information content (AvgIpc) is 2.33. The minimum Gasteiger partial charge on any atom is -0.312 e. The maximum atomic E-state index is 5.55. The Hall–Kier alpha value is 0.310. The Morgan fingerprint density at radius 2 is 1.65 bits per heavy atom. The van der Waals surface area contributed by atoms with Crippen LogP contribution in [0, 0.1) is 5.92 Å². The summed E-state index contributed by atoms with van der Waals surface area (Å²) in [7, 11) is -1.01. The van der Waals surface area contributed by atoms with Crippen LogP contribution in [0.3, 0.4) is 0 Å². The molecule has 0 N–H and O–H groups in total. The summed E-state index contributed by atoms with van der Waals surface area (Å²) in [5.74, 6) is 0.849. The Morgan fingerprint density at radius 3 is 2.35 bits per heavy atom. The molecule has 0 atom stereocenters. The Bertz CT molecular complexity index is 170. The predicted octanol–water partition coefficient (Wildman–Crippen LogP) is 4.66. The molecule has 0 saturated carbocycles. The molecule has 3 nitrogen and oxygen atoms in total. The lowest BCUT2D eigenvalue weighted by Crippen LogP contribution is -2.07. The Morgan fingerprint density at radius 1 is 1.00 bits per heavy atom. The quantitative estimate of drug-likeness (QED) is 0.446. The van der Waals surface area contributed by atoms with Gasteiger partial charge in [-0.15, -0.1) is 0 Å². The first-order valence-corrected chi connectivity index (χ1v) is 8.07. The number of hydrogen-bond donors (Lipinski definition) is 0. The summed E-state index contributed by atoms with van der Waals surface area (Å²) in [5, 5.41) is 0. The molecule has 0 amide bonds. The van der Waals surface area contributed by atoms with Gasteiger partial charge in [0.1, 0.15) is 0 Å². The number of rotatable bonds is 9. The fourth-order valence-corrected chi connectivity index (χ4v) is 2.83. The van der Waals surface area contributed by atoms with Crippen LogP contribution in [0.15, 0.2) is 0 Å². The number of hydrogen-bond acceptors (Lipinski definition) is 3. The van der Waals surface area contributed by atoms with Gasteiger partial charge in [0.2, 0.25) is 0 Å². The zero-order valence-electron chi connectivity index (χ0n) is 11.3. The second kappa shape index (κ2) is 10.3.